The molecule has 0 radical (unpaired) electrons. The van der Waals surface area contributed by atoms with E-state index in [0.29, 0.717) is 0 Å². The summed E-state index contributed by atoms with van der Waals surface area (Å²) in [6, 6.07) is 0. The van der Waals surface area contributed by atoms with E-state index in [4.69, 9.17) is 8.22 Å². The Morgan fingerprint density at radius 3 is 1.89 bits per heavy atom. The molecule has 0 bridgehead atoms. The van der Waals surface area contributed by atoms with Gasteiger partial charge in [-0.25, -0.2) is 0 Å². The van der Waals surface area contributed by atoms with Gasteiger partial charge in [0.1, 0.15) is 0 Å². The van der Waals surface area contributed by atoms with Crippen LogP contribution in [0.15, 0.2) is 0 Å². The van der Waals surface area contributed by atoms with Gasteiger partial charge in [0.05, 0.1) is 0 Å². The van der Waals surface area contributed by atoms with E-state index in [1.54, 1.807) is 0 Å². The van der Waals surface area contributed by atoms with Gasteiger partial charge < -0.3 is 40.7 Å². The van der Waals surface area contributed by atoms with Gasteiger partial charge in [0.15, 0.2) is 0 Å². The fourth-order valence-electron chi connectivity index (χ4n) is 0. The summed E-state index contributed by atoms with van der Waals surface area (Å²) in [6.07, 6.45) is 0. The molecular weight excluding hydrogens is 169 g/mol. The topological polar surface area (TPSA) is 66.2 Å². The van der Waals surface area contributed by atoms with E-state index < -0.39 is 18.3 Å². The molecule has 0 saturated heterocycles. The first-order chi connectivity index (χ1) is 5.07. The molecule has 0 atom stereocenters. The summed E-state index contributed by atoms with van der Waals surface area (Å²) in [5.74, 6) is 0. The first-order valence-corrected chi connectivity index (χ1v) is 1.90. The minimum absolute atomic E-state index is 0. The second-order valence-corrected chi connectivity index (χ2v) is 1.63. The predicted octanol–water partition coefficient (Wildman–Crippen LogP) is -4.27. The molecule has 0 unspecified atom stereocenters. The zero-order valence-electron chi connectivity index (χ0n) is 10.8. The fraction of sp³-hybridized carbons (Fsp3) is 0.667. The van der Waals surface area contributed by atoms with E-state index in [2.05, 4.69) is 24.8 Å². The molecule has 0 amide bonds. The largest absolute Gasteiger partial charge is 1.00 e. The summed E-state index contributed by atoms with van der Waals surface area (Å²) < 4.78 is 40.3. The smallest absolute Gasteiger partial charge is 0.412 e. The van der Waals surface area contributed by atoms with Gasteiger partial charge in [-0.2, -0.15) is 0 Å². The number of thiocarbonyl (C=S) groups is 1. The first-order valence-electron chi connectivity index (χ1n) is 4.08. The van der Waals surface area contributed by atoms with Gasteiger partial charge in [-0.15, -0.1) is 0 Å². The predicted molar refractivity (Wildman–Crippen MR) is 40.9 cm³/mol. The third-order valence-corrected chi connectivity index (χ3v) is 0.548. The van der Waals surface area contributed by atoms with E-state index in [1.165, 1.54) is 0 Å². The van der Waals surface area contributed by atoms with Crippen LogP contribution in [-0.2, 0) is 12.6 Å². The quantitative estimate of drug-likeness (QED) is 0.218. The van der Waals surface area contributed by atoms with Crippen LogP contribution in [0.3, 0.4) is 0 Å². The summed E-state index contributed by atoms with van der Waals surface area (Å²) in [6.45, 7) is -5.60. The molecular formula is C3H10NNaO2S2. The molecule has 9 heavy (non-hydrogen) atoms. The van der Waals surface area contributed by atoms with Gasteiger partial charge in [-0.3, -0.25) is 0 Å². The number of nitrogens with zero attached hydrogens (tertiary/aromatic N) is 1. The summed E-state index contributed by atoms with van der Waals surface area (Å²) in [5.41, 5.74) is 0. The Morgan fingerprint density at radius 1 is 1.56 bits per heavy atom. The summed E-state index contributed by atoms with van der Waals surface area (Å²) >= 11 is 8.67. The maximum Gasteiger partial charge on any atom is 1.00 e. The maximum atomic E-state index is 6.82. The van der Waals surface area contributed by atoms with Crippen molar-refractivity contribution < 1.29 is 48.7 Å². The van der Waals surface area contributed by atoms with Crippen molar-refractivity contribution in [2.24, 2.45) is 0 Å². The van der Waals surface area contributed by atoms with Crippen LogP contribution in [-0.4, -0.2) is 34.1 Å². The third-order valence-electron chi connectivity index (χ3n) is 0.183. The van der Waals surface area contributed by atoms with Gasteiger partial charge >= 0.3 is 29.6 Å². The molecule has 0 aliphatic heterocycles. The molecule has 0 fully saturated rings. The van der Waals surface area contributed by atoms with Crippen molar-refractivity contribution in [2.45, 2.75) is 0 Å². The number of hydrogen-bond acceptors (Lipinski definition) is 2. The van der Waals surface area contributed by atoms with Crippen LogP contribution in [0.4, 0.5) is 0 Å². The molecule has 0 heterocycles. The monoisotopic (exact) mass is 185 g/mol. The van der Waals surface area contributed by atoms with Gasteiger partial charge in [0, 0.05) is 22.2 Å². The average molecular weight is 185 g/mol. The van der Waals surface area contributed by atoms with Crippen LogP contribution in [0.25, 0.3) is 0 Å². The second kappa shape index (κ2) is 11.8. The molecule has 52 valence electrons. The molecule has 0 aromatic heterocycles. The molecule has 0 aliphatic rings. The SMILES string of the molecule is O.O.[2H]C([2H])([2H])N(C(=S)[S-])C([2H])([2H])[2H].[Na+]. The molecule has 3 nitrogen and oxygen atoms in total. The summed E-state index contributed by atoms with van der Waals surface area (Å²) in [5, 5.41) is 0. The van der Waals surface area contributed by atoms with Crippen molar-refractivity contribution in [2.75, 3.05) is 14.0 Å². The van der Waals surface area contributed by atoms with Crippen molar-refractivity contribution >= 4 is 29.2 Å². The fourth-order valence-corrected chi connectivity index (χ4v) is 0. The number of rotatable bonds is 0. The standard InChI is InChI=1S/C3H7NS2.Na.2H2O/c1-4(2)3(5)6;;;/h1-2H3,(H,5,6);;2*1H2/q;+1;;/p-1/i1D3,2D3;;;. The molecule has 0 rings (SSSR count). The first kappa shape index (κ1) is 5.65. The molecule has 0 aliphatic carbocycles. The number of hydrogen-bond donors (Lipinski definition) is 0. The Kier molecular flexibility index (Phi) is 7.40. The van der Waals surface area contributed by atoms with Gasteiger partial charge in [0.2, 0.25) is 0 Å². The van der Waals surface area contributed by atoms with E-state index in [-0.39, 0.29) is 45.4 Å². The normalized spacial score (nSPS) is 17.8. The van der Waals surface area contributed by atoms with Crippen LogP contribution < -0.4 is 29.6 Å². The Hall–Kier alpha value is 1.03. The van der Waals surface area contributed by atoms with Crippen LogP contribution >= 0.6 is 12.2 Å². The molecule has 0 saturated carbocycles. The van der Waals surface area contributed by atoms with Crippen molar-refractivity contribution in [1.29, 1.82) is 0 Å². The molecule has 6 heteroatoms. The van der Waals surface area contributed by atoms with Crippen LogP contribution in [0.5, 0.6) is 0 Å². The van der Waals surface area contributed by atoms with Gasteiger partial charge in [-0.05, 0) is 0 Å². The molecule has 0 aromatic rings. The maximum absolute atomic E-state index is 6.82. The van der Waals surface area contributed by atoms with E-state index in [1.807, 2.05) is 0 Å². The van der Waals surface area contributed by atoms with E-state index >= 15 is 0 Å². The van der Waals surface area contributed by atoms with Gasteiger partial charge in [-0.1, -0.05) is 4.32 Å². The van der Waals surface area contributed by atoms with Crippen molar-refractivity contribution in [3.63, 3.8) is 0 Å². The van der Waals surface area contributed by atoms with Crippen molar-refractivity contribution in [3.8, 4) is 0 Å². The van der Waals surface area contributed by atoms with Crippen LogP contribution in [0.2, 0.25) is 0 Å². The van der Waals surface area contributed by atoms with E-state index in [9.17, 15) is 0 Å². The van der Waals surface area contributed by atoms with Crippen molar-refractivity contribution in [3.05, 3.63) is 0 Å². The second-order valence-electron chi connectivity index (χ2n) is 0.601. The van der Waals surface area contributed by atoms with Crippen LogP contribution in [0.1, 0.15) is 8.22 Å². The minimum Gasteiger partial charge on any atom is -0.412 e. The van der Waals surface area contributed by atoms with Crippen LogP contribution in [0, 0.1) is 0 Å². The van der Waals surface area contributed by atoms with E-state index in [0.717, 1.165) is 0 Å². The van der Waals surface area contributed by atoms with Gasteiger partial charge in [0.25, 0.3) is 0 Å². The zero-order chi connectivity index (χ0) is 10.2. The molecule has 0 aromatic carbocycles. The Bertz CT molecular complexity index is 182. The minimum atomic E-state index is -2.80. The zero-order valence-corrected chi connectivity index (χ0v) is 8.40. The summed E-state index contributed by atoms with van der Waals surface area (Å²) in [7, 11) is 0. The molecule has 4 N–H and O–H groups in total. The Morgan fingerprint density at radius 2 is 1.89 bits per heavy atom. The Labute approximate surface area is 96.5 Å². The van der Waals surface area contributed by atoms with Crippen molar-refractivity contribution in [1.82, 2.24) is 4.90 Å². The molecule has 0 spiro atoms. The Balaban J connectivity index is -0.000000202. The average Bonchev–Trinajstić information content (AvgIpc) is 1.49. The summed E-state index contributed by atoms with van der Waals surface area (Å²) in [4.78, 5) is 0.0880. The third kappa shape index (κ3) is 17.6.